The molecule has 16 heavy (non-hydrogen) atoms. The van der Waals surface area contributed by atoms with Crippen LogP contribution in [0.5, 0.6) is 0 Å². The van der Waals surface area contributed by atoms with E-state index in [1.165, 1.54) is 7.11 Å². The summed E-state index contributed by atoms with van der Waals surface area (Å²) in [5, 5.41) is 2.65. The van der Waals surface area contributed by atoms with Crippen molar-refractivity contribution in [2.24, 2.45) is 0 Å². The molecule has 0 amide bonds. The van der Waals surface area contributed by atoms with Crippen molar-refractivity contribution in [1.29, 1.82) is 0 Å². The van der Waals surface area contributed by atoms with Crippen molar-refractivity contribution in [2.75, 3.05) is 19.0 Å². The van der Waals surface area contributed by atoms with Gasteiger partial charge in [0.25, 0.3) is 5.95 Å². The molecule has 6 heteroatoms. The monoisotopic (exact) mass is 234 g/mol. The van der Waals surface area contributed by atoms with Crippen LogP contribution in [0.1, 0.15) is 13.3 Å². The summed E-state index contributed by atoms with van der Waals surface area (Å²) in [5.41, 5.74) is 0. The molecule has 1 N–H and O–H groups in total. The second-order valence-corrected chi connectivity index (χ2v) is 3.30. The van der Waals surface area contributed by atoms with Crippen LogP contribution in [0, 0.1) is 17.6 Å². The van der Waals surface area contributed by atoms with Crippen LogP contribution >= 0.6 is 0 Å². The molecule has 0 aliphatic heterocycles. The topological polar surface area (TPSA) is 34.1 Å². The fourth-order valence-corrected chi connectivity index (χ4v) is 1.20. The van der Waals surface area contributed by atoms with Crippen LogP contribution in [0.4, 0.5) is 19.0 Å². The Balaban J connectivity index is 2.83. The van der Waals surface area contributed by atoms with E-state index >= 15 is 0 Å². The Bertz CT molecular complexity index is 360. The van der Waals surface area contributed by atoms with Crippen LogP contribution in [-0.4, -0.2) is 24.7 Å². The van der Waals surface area contributed by atoms with Gasteiger partial charge in [0.05, 0.1) is 12.6 Å². The molecule has 0 bridgehead atoms. The summed E-state index contributed by atoms with van der Waals surface area (Å²) in [6, 6.07) is 0.265. The Morgan fingerprint density at radius 1 is 1.38 bits per heavy atom. The van der Waals surface area contributed by atoms with Crippen molar-refractivity contribution in [3.05, 3.63) is 23.6 Å². The Hall–Kier alpha value is -1.30. The predicted octanol–water partition coefficient (Wildman–Crippen LogP) is 2.34. The Morgan fingerprint density at radius 3 is 2.62 bits per heavy atom. The number of pyridine rings is 1. The van der Waals surface area contributed by atoms with Gasteiger partial charge in [-0.3, -0.25) is 0 Å². The third-order valence-electron chi connectivity index (χ3n) is 2.09. The lowest BCUT2D eigenvalue weighted by molar-refractivity contribution is 0.184. The normalized spacial score (nSPS) is 12.6. The standard InChI is InChI=1S/C10H13F3N2O/c1-3-6(5-16-2)14-10-8(12)4-7(11)9(13)15-10/h4,6H,3,5H2,1-2H3,(H,14,15). The van der Waals surface area contributed by atoms with Gasteiger partial charge in [-0.15, -0.1) is 0 Å². The molecule has 0 fully saturated rings. The highest BCUT2D eigenvalue weighted by Gasteiger charge is 2.14. The summed E-state index contributed by atoms with van der Waals surface area (Å²) in [7, 11) is 1.50. The van der Waals surface area contributed by atoms with Crippen LogP contribution in [-0.2, 0) is 4.74 Å². The minimum Gasteiger partial charge on any atom is -0.383 e. The first-order valence-corrected chi connectivity index (χ1v) is 4.85. The third kappa shape index (κ3) is 3.10. The molecule has 1 rings (SSSR count). The maximum absolute atomic E-state index is 13.2. The number of anilines is 1. The number of hydrogen-bond acceptors (Lipinski definition) is 3. The summed E-state index contributed by atoms with van der Waals surface area (Å²) < 4.78 is 43.4. The number of nitrogens with zero attached hydrogens (tertiary/aromatic N) is 1. The molecule has 0 saturated heterocycles. The van der Waals surface area contributed by atoms with Crippen LogP contribution in [0.3, 0.4) is 0 Å². The fraction of sp³-hybridized carbons (Fsp3) is 0.500. The lowest BCUT2D eigenvalue weighted by Gasteiger charge is -2.16. The molecular weight excluding hydrogens is 221 g/mol. The minimum atomic E-state index is -1.32. The number of rotatable bonds is 5. The van der Waals surface area contributed by atoms with E-state index in [1.807, 2.05) is 6.92 Å². The first-order valence-electron chi connectivity index (χ1n) is 4.85. The maximum Gasteiger partial charge on any atom is 0.251 e. The van der Waals surface area contributed by atoms with Gasteiger partial charge in [-0.2, -0.15) is 9.37 Å². The minimum absolute atomic E-state index is 0.197. The average molecular weight is 234 g/mol. The Labute approximate surface area is 91.6 Å². The molecule has 0 radical (unpaired) electrons. The average Bonchev–Trinajstić information content (AvgIpc) is 2.25. The van der Waals surface area contributed by atoms with Gasteiger partial charge in [0.15, 0.2) is 17.5 Å². The zero-order valence-electron chi connectivity index (χ0n) is 9.06. The van der Waals surface area contributed by atoms with Gasteiger partial charge in [0, 0.05) is 13.2 Å². The van der Waals surface area contributed by atoms with Crippen molar-refractivity contribution in [2.45, 2.75) is 19.4 Å². The Kier molecular flexibility index (Phi) is 4.54. The van der Waals surface area contributed by atoms with E-state index in [-0.39, 0.29) is 11.9 Å². The van der Waals surface area contributed by atoms with E-state index < -0.39 is 17.6 Å². The van der Waals surface area contributed by atoms with E-state index in [1.54, 1.807) is 0 Å². The summed E-state index contributed by atoms with van der Waals surface area (Å²) in [5.74, 6) is -3.85. The molecule has 1 unspecified atom stereocenters. The summed E-state index contributed by atoms with van der Waals surface area (Å²) in [6.45, 7) is 2.19. The Morgan fingerprint density at radius 2 is 2.06 bits per heavy atom. The SMILES string of the molecule is CCC(COC)Nc1nc(F)c(F)cc1F. The number of nitrogens with one attached hydrogen (secondary N) is 1. The third-order valence-corrected chi connectivity index (χ3v) is 2.09. The number of halogens is 3. The maximum atomic E-state index is 13.2. The van der Waals surface area contributed by atoms with Crippen molar-refractivity contribution in [3.63, 3.8) is 0 Å². The molecule has 1 aromatic rings. The van der Waals surface area contributed by atoms with Crippen molar-refractivity contribution in [1.82, 2.24) is 4.98 Å². The van der Waals surface area contributed by atoms with E-state index in [4.69, 9.17) is 4.74 Å². The summed E-state index contributed by atoms with van der Waals surface area (Å²) >= 11 is 0. The van der Waals surface area contributed by atoms with Gasteiger partial charge >= 0.3 is 0 Å². The first-order chi connectivity index (χ1) is 7.58. The van der Waals surface area contributed by atoms with E-state index in [0.29, 0.717) is 19.1 Å². The number of ether oxygens (including phenoxy) is 1. The van der Waals surface area contributed by atoms with Crippen molar-refractivity contribution in [3.8, 4) is 0 Å². The number of aromatic nitrogens is 1. The zero-order chi connectivity index (χ0) is 12.1. The molecule has 1 heterocycles. The highest BCUT2D eigenvalue weighted by atomic mass is 19.2. The molecule has 0 spiro atoms. The molecule has 1 atom stereocenters. The van der Waals surface area contributed by atoms with Gasteiger partial charge in [-0.05, 0) is 6.42 Å². The van der Waals surface area contributed by atoms with Gasteiger partial charge in [-0.1, -0.05) is 6.92 Å². The lowest BCUT2D eigenvalue weighted by Crippen LogP contribution is -2.25. The fourth-order valence-electron chi connectivity index (χ4n) is 1.20. The molecular formula is C10H13F3N2O. The van der Waals surface area contributed by atoms with Crippen LogP contribution < -0.4 is 5.32 Å². The van der Waals surface area contributed by atoms with Crippen LogP contribution in [0.2, 0.25) is 0 Å². The number of hydrogen-bond donors (Lipinski definition) is 1. The van der Waals surface area contributed by atoms with Crippen LogP contribution in [0.15, 0.2) is 6.07 Å². The molecule has 0 saturated carbocycles. The quantitative estimate of drug-likeness (QED) is 0.794. The van der Waals surface area contributed by atoms with Crippen LogP contribution in [0.25, 0.3) is 0 Å². The van der Waals surface area contributed by atoms with E-state index in [0.717, 1.165) is 0 Å². The first kappa shape index (κ1) is 12.8. The van der Waals surface area contributed by atoms with Crippen molar-refractivity contribution >= 4 is 5.82 Å². The van der Waals surface area contributed by atoms with Gasteiger partial charge in [-0.25, -0.2) is 8.78 Å². The lowest BCUT2D eigenvalue weighted by atomic mass is 10.2. The summed E-state index contributed by atoms with van der Waals surface area (Å²) in [4.78, 5) is 3.16. The molecule has 0 aliphatic carbocycles. The molecule has 1 aromatic heterocycles. The smallest absolute Gasteiger partial charge is 0.251 e. The second-order valence-electron chi connectivity index (χ2n) is 3.30. The molecule has 0 aliphatic rings. The highest BCUT2D eigenvalue weighted by molar-refractivity contribution is 5.37. The van der Waals surface area contributed by atoms with Gasteiger partial charge in [0.2, 0.25) is 0 Å². The molecule has 90 valence electrons. The summed E-state index contributed by atoms with van der Waals surface area (Å²) in [6.07, 6.45) is 0.647. The molecule has 3 nitrogen and oxygen atoms in total. The predicted molar refractivity (Wildman–Crippen MR) is 53.7 cm³/mol. The second kappa shape index (κ2) is 5.69. The largest absolute Gasteiger partial charge is 0.383 e. The van der Waals surface area contributed by atoms with Gasteiger partial charge < -0.3 is 10.1 Å². The zero-order valence-corrected chi connectivity index (χ0v) is 9.06. The molecule has 0 aromatic carbocycles. The van der Waals surface area contributed by atoms with Gasteiger partial charge in [0.1, 0.15) is 0 Å². The van der Waals surface area contributed by atoms with Crippen molar-refractivity contribution < 1.29 is 17.9 Å². The highest BCUT2D eigenvalue weighted by Crippen LogP contribution is 2.15. The van der Waals surface area contributed by atoms with E-state index in [2.05, 4.69) is 10.3 Å². The number of methoxy groups -OCH3 is 1. The van der Waals surface area contributed by atoms with E-state index in [9.17, 15) is 13.2 Å².